The Morgan fingerprint density at radius 3 is 0.768 bits per heavy atom. The molecule has 8 heteroatoms. The molecule has 0 saturated carbocycles. The van der Waals surface area contributed by atoms with Crippen LogP contribution in [-0.2, 0) is 20.0 Å². The third-order valence-corrected chi connectivity index (χ3v) is 13.9. The molecular weight excluding hydrogens is 733 g/mol. The lowest BCUT2D eigenvalue weighted by Crippen LogP contribution is -2.42. The molecule has 56 heavy (non-hydrogen) atoms. The summed E-state index contributed by atoms with van der Waals surface area (Å²) in [6, 6.07) is 18.1. The molecule has 0 unspecified atom stereocenters. The van der Waals surface area contributed by atoms with E-state index in [0.29, 0.717) is 11.1 Å². The number of sulfonamides is 2. The van der Waals surface area contributed by atoms with Crippen LogP contribution < -0.4 is 9.44 Å². The zero-order valence-corrected chi connectivity index (χ0v) is 38.5. The molecule has 0 aliphatic carbocycles. The van der Waals surface area contributed by atoms with Gasteiger partial charge in [0.1, 0.15) is 0 Å². The van der Waals surface area contributed by atoms with Gasteiger partial charge in [-0.3, -0.25) is 0 Å². The highest BCUT2D eigenvalue weighted by Gasteiger charge is 2.38. The molecule has 0 aliphatic rings. The number of nitrogens with one attached hydrogen (secondary N) is 2. The first-order valence-corrected chi connectivity index (χ1v) is 23.4. The Balaban J connectivity index is 2.11. The van der Waals surface area contributed by atoms with E-state index in [2.05, 4.69) is 37.1 Å². The number of hydrogen-bond acceptors (Lipinski definition) is 4. The summed E-state index contributed by atoms with van der Waals surface area (Å²) in [7, 11) is -8.53. The maximum absolute atomic E-state index is 15.3. The largest absolute Gasteiger partial charge is 0.241 e. The maximum Gasteiger partial charge on any atom is 0.241 e. The van der Waals surface area contributed by atoms with E-state index in [9.17, 15) is 0 Å². The summed E-state index contributed by atoms with van der Waals surface area (Å²) in [5, 5.41) is 0. The molecule has 0 saturated heterocycles. The molecule has 6 nitrogen and oxygen atoms in total. The van der Waals surface area contributed by atoms with Crippen LogP contribution in [0, 0.1) is 27.7 Å². The molecule has 0 amide bonds. The Bertz CT molecular complexity index is 2010. The summed E-state index contributed by atoms with van der Waals surface area (Å²) in [5.41, 5.74) is 10.4. The molecule has 306 valence electrons. The molecule has 0 radical (unpaired) electrons. The average molecular weight is 801 g/mol. The summed E-state index contributed by atoms with van der Waals surface area (Å²) in [5.74, 6) is 0.102. The molecule has 2 atom stereocenters. The van der Waals surface area contributed by atoms with Crippen molar-refractivity contribution in [3.8, 4) is 0 Å². The van der Waals surface area contributed by atoms with Crippen molar-refractivity contribution in [3.05, 3.63) is 127 Å². The Labute approximate surface area is 340 Å². The maximum atomic E-state index is 15.3. The Hall–Kier alpha value is -3.30. The lowest BCUT2D eigenvalue weighted by Gasteiger charge is -2.33. The van der Waals surface area contributed by atoms with Crippen molar-refractivity contribution >= 4 is 20.0 Å². The van der Waals surface area contributed by atoms with Gasteiger partial charge in [-0.15, -0.1) is 0 Å². The van der Waals surface area contributed by atoms with Gasteiger partial charge in [0, 0.05) is 0 Å². The minimum atomic E-state index is -4.26. The van der Waals surface area contributed by atoms with Crippen LogP contribution in [0.2, 0.25) is 0 Å². The lowest BCUT2D eigenvalue weighted by atomic mass is 9.89. The van der Waals surface area contributed by atoms with E-state index in [1.165, 1.54) is 0 Å². The molecule has 0 heterocycles. The normalized spacial score (nSPS) is 13.9. The first-order chi connectivity index (χ1) is 25.8. The lowest BCUT2D eigenvalue weighted by molar-refractivity contribution is 0.464. The highest BCUT2D eigenvalue weighted by Crippen LogP contribution is 2.41. The first-order valence-electron chi connectivity index (χ1n) is 20.4. The van der Waals surface area contributed by atoms with Crippen LogP contribution in [0.1, 0.15) is 197 Å². The zero-order valence-electron chi connectivity index (χ0n) is 36.8. The molecule has 2 N–H and O–H groups in total. The molecule has 4 aromatic carbocycles. The van der Waals surface area contributed by atoms with E-state index in [1.54, 1.807) is 0 Å². The average Bonchev–Trinajstić information content (AvgIpc) is 3.07. The van der Waals surface area contributed by atoms with E-state index >= 15 is 16.8 Å². The highest BCUT2D eigenvalue weighted by molar-refractivity contribution is 7.90. The van der Waals surface area contributed by atoms with Gasteiger partial charge in [-0.25, -0.2) is 26.3 Å². The van der Waals surface area contributed by atoms with E-state index in [-0.39, 0.29) is 45.3 Å². The second kappa shape index (κ2) is 17.7. The van der Waals surface area contributed by atoms with E-state index < -0.39 is 32.1 Å². The van der Waals surface area contributed by atoms with Crippen LogP contribution in [0.4, 0.5) is 0 Å². The third-order valence-electron chi connectivity index (χ3n) is 10.8. The van der Waals surface area contributed by atoms with Crippen LogP contribution in [0.5, 0.6) is 0 Å². The van der Waals surface area contributed by atoms with Gasteiger partial charge >= 0.3 is 0 Å². The molecule has 0 aromatic heterocycles. The van der Waals surface area contributed by atoms with Crippen molar-refractivity contribution in [2.24, 2.45) is 0 Å². The molecule has 0 spiro atoms. The molecule has 4 aromatic rings. The highest BCUT2D eigenvalue weighted by atomic mass is 32.2. The Morgan fingerprint density at radius 1 is 0.339 bits per heavy atom. The Kier molecular flexibility index (Phi) is 14.3. The Morgan fingerprint density at radius 2 is 0.571 bits per heavy atom. The van der Waals surface area contributed by atoms with Gasteiger partial charge in [0.05, 0.1) is 21.9 Å². The zero-order chi connectivity index (χ0) is 42.2. The van der Waals surface area contributed by atoms with Gasteiger partial charge in [-0.1, -0.05) is 166 Å². The monoisotopic (exact) mass is 800 g/mol. The van der Waals surface area contributed by atoms with Gasteiger partial charge in [-0.2, -0.15) is 0 Å². The second-order valence-corrected chi connectivity index (χ2v) is 21.3. The van der Waals surface area contributed by atoms with Crippen LogP contribution in [0.15, 0.2) is 70.5 Å². The van der Waals surface area contributed by atoms with E-state index in [0.717, 1.165) is 55.6 Å². The molecular formula is C48H68N2O4S2. The molecule has 0 bridgehead atoms. The summed E-state index contributed by atoms with van der Waals surface area (Å²) < 4.78 is 67.6. The van der Waals surface area contributed by atoms with Crippen molar-refractivity contribution in [1.82, 2.24) is 9.44 Å². The molecule has 0 aliphatic heterocycles. The van der Waals surface area contributed by atoms with Crippen LogP contribution in [0.3, 0.4) is 0 Å². The number of hydrogen-bond donors (Lipinski definition) is 2. The van der Waals surface area contributed by atoms with Crippen LogP contribution in [0.25, 0.3) is 0 Å². The smallest absolute Gasteiger partial charge is 0.207 e. The minimum absolute atomic E-state index is 0.0797. The first kappa shape index (κ1) is 45.4. The second-order valence-electron chi connectivity index (χ2n) is 18.0. The van der Waals surface area contributed by atoms with Gasteiger partial charge in [-0.05, 0) is 108 Å². The number of aryl methyl sites for hydroxylation is 4. The predicted molar refractivity (Wildman–Crippen MR) is 235 cm³/mol. The van der Waals surface area contributed by atoms with E-state index in [4.69, 9.17) is 0 Å². The summed E-state index contributed by atoms with van der Waals surface area (Å²) in [6.45, 7) is 32.6. The summed E-state index contributed by atoms with van der Waals surface area (Å²) >= 11 is 0. The standard InChI is InChI=1S/C48H68N2O4S2/c1-27(2)37-23-41(29(5)6)47(42(24-37)30(7)8)55(51,52)49-45(39-19-33(13)17-34(14)20-39)46(40-21-35(15)18-36(16)22-40)50-56(53,54)48-43(31(9)10)25-38(28(3)4)26-44(48)32(11)12/h17-32,45-46,49-50H,1-16H3/t45-,46-/m1/s1. The van der Waals surface area contributed by atoms with Crippen LogP contribution >= 0.6 is 0 Å². The van der Waals surface area contributed by atoms with Gasteiger partial charge < -0.3 is 0 Å². The fraction of sp³-hybridized carbons (Fsp3) is 0.500. The fourth-order valence-corrected chi connectivity index (χ4v) is 11.8. The van der Waals surface area contributed by atoms with Crippen molar-refractivity contribution in [2.45, 2.75) is 168 Å². The van der Waals surface area contributed by atoms with Crippen molar-refractivity contribution in [2.75, 3.05) is 0 Å². The number of rotatable bonds is 15. The third kappa shape index (κ3) is 10.2. The van der Waals surface area contributed by atoms with Crippen molar-refractivity contribution in [3.63, 3.8) is 0 Å². The van der Waals surface area contributed by atoms with E-state index in [1.807, 2.05) is 144 Å². The summed E-state index contributed by atoms with van der Waals surface area (Å²) in [6.07, 6.45) is 0. The molecule has 4 rings (SSSR count). The SMILES string of the molecule is Cc1cc(C)cc([C@@H](NS(=O)(=O)c2c(C(C)C)cc(C(C)C)cc2C(C)C)[C@H](NS(=O)(=O)c2c(C(C)C)cc(C(C)C)cc2C(C)C)c2cc(C)cc(C)c2)c1. The van der Waals surface area contributed by atoms with Gasteiger partial charge in [0.25, 0.3) is 0 Å². The number of benzene rings is 4. The van der Waals surface area contributed by atoms with Crippen molar-refractivity contribution in [1.29, 1.82) is 0 Å². The van der Waals surface area contributed by atoms with Gasteiger partial charge in [0.15, 0.2) is 0 Å². The topological polar surface area (TPSA) is 92.3 Å². The quantitative estimate of drug-likeness (QED) is 0.125. The van der Waals surface area contributed by atoms with Crippen LogP contribution in [-0.4, -0.2) is 16.8 Å². The van der Waals surface area contributed by atoms with Crippen molar-refractivity contribution < 1.29 is 16.8 Å². The molecule has 0 fully saturated rings. The summed E-state index contributed by atoms with van der Waals surface area (Å²) in [4.78, 5) is 0.550. The predicted octanol–water partition coefficient (Wildman–Crippen LogP) is 12.4. The van der Waals surface area contributed by atoms with Gasteiger partial charge in [0.2, 0.25) is 20.0 Å². The minimum Gasteiger partial charge on any atom is -0.207 e. The fourth-order valence-electron chi connectivity index (χ4n) is 7.89.